The Kier molecular flexibility index (Phi) is 3.56. The maximum Gasteiger partial charge on any atom is 0.280 e. The zero-order valence-electron chi connectivity index (χ0n) is 11.1. The van der Waals surface area contributed by atoms with E-state index >= 15 is 0 Å². The van der Waals surface area contributed by atoms with E-state index in [9.17, 15) is 4.79 Å². The smallest absolute Gasteiger partial charge is 0.280 e. The number of aromatic nitrogens is 2. The molecule has 0 radical (unpaired) electrons. The second kappa shape index (κ2) is 5.51. The average Bonchev–Trinajstić information content (AvgIpc) is 2.47. The molecule has 0 amide bonds. The average molecular weight is 282 g/mol. The molecule has 20 heavy (non-hydrogen) atoms. The van der Waals surface area contributed by atoms with Gasteiger partial charge in [0.2, 0.25) is 0 Å². The first-order chi connectivity index (χ1) is 9.72. The molecule has 0 atom stereocenters. The van der Waals surface area contributed by atoms with Gasteiger partial charge in [-0.3, -0.25) is 4.79 Å². The summed E-state index contributed by atoms with van der Waals surface area (Å²) in [7, 11) is 0. The van der Waals surface area contributed by atoms with Gasteiger partial charge in [-0.25, -0.2) is 4.98 Å². The Labute approximate surface area is 121 Å². The quantitative estimate of drug-likeness (QED) is 0.748. The topological polar surface area (TPSA) is 45.8 Å². The van der Waals surface area contributed by atoms with Crippen LogP contribution in [0.3, 0.4) is 0 Å². The lowest BCUT2D eigenvalue weighted by atomic mass is 10.2. The highest BCUT2D eigenvalue weighted by atomic mass is 32.2. The third-order valence-electron chi connectivity index (χ3n) is 3.06. The number of aromatic amines is 1. The number of nitrogens with one attached hydrogen (secondary N) is 1. The maximum atomic E-state index is 12.0. The normalized spacial score (nSPS) is 10.8. The lowest BCUT2D eigenvalue weighted by molar-refractivity contribution is 1.05. The molecule has 0 spiro atoms. The van der Waals surface area contributed by atoms with Crippen LogP contribution in [0.5, 0.6) is 0 Å². The van der Waals surface area contributed by atoms with Crippen LogP contribution >= 0.6 is 11.8 Å². The first-order valence-corrected chi connectivity index (χ1v) is 7.38. The van der Waals surface area contributed by atoms with Crippen molar-refractivity contribution in [2.45, 2.75) is 17.7 Å². The fourth-order valence-corrected chi connectivity index (χ4v) is 2.79. The van der Waals surface area contributed by atoms with Crippen molar-refractivity contribution in [2.75, 3.05) is 0 Å². The molecular formula is C16H14N2OS. The van der Waals surface area contributed by atoms with E-state index in [1.165, 1.54) is 22.9 Å². The predicted octanol–water partition coefficient (Wildman–Crippen LogP) is 3.52. The molecule has 3 nitrogen and oxygen atoms in total. The van der Waals surface area contributed by atoms with Crippen LogP contribution in [0.1, 0.15) is 11.1 Å². The number of nitrogens with zero attached hydrogens (tertiary/aromatic N) is 1. The summed E-state index contributed by atoms with van der Waals surface area (Å²) in [5, 5.41) is 0.518. The van der Waals surface area contributed by atoms with E-state index in [-0.39, 0.29) is 5.56 Å². The van der Waals surface area contributed by atoms with Gasteiger partial charge in [0.25, 0.3) is 5.56 Å². The summed E-state index contributed by atoms with van der Waals surface area (Å²) in [4.78, 5) is 19.3. The summed E-state index contributed by atoms with van der Waals surface area (Å²) in [5.74, 6) is 0.745. The zero-order valence-corrected chi connectivity index (χ0v) is 11.9. The largest absolute Gasteiger partial charge is 0.318 e. The second-order valence-electron chi connectivity index (χ2n) is 4.66. The monoisotopic (exact) mass is 282 g/mol. The van der Waals surface area contributed by atoms with Crippen LogP contribution in [0.4, 0.5) is 0 Å². The van der Waals surface area contributed by atoms with Gasteiger partial charge in [0.05, 0.1) is 11.0 Å². The van der Waals surface area contributed by atoms with E-state index in [4.69, 9.17) is 0 Å². The number of hydrogen-bond acceptors (Lipinski definition) is 3. The standard InChI is InChI=1S/C16H14N2OS/c1-11-6-8-12(9-7-11)10-20-16-15(19)17-13-4-2-3-5-14(13)18-16/h2-9H,10H2,1H3,(H,17,19). The van der Waals surface area contributed by atoms with E-state index in [2.05, 4.69) is 41.2 Å². The fraction of sp³-hybridized carbons (Fsp3) is 0.125. The SMILES string of the molecule is Cc1ccc(CSc2nc3ccccc3[nH]c2=O)cc1. The van der Waals surface area contributed by atoms with Gasteiger partial charge in [-0.2, -0.15) is 0 Å². The minimum Gasteiger partial charge on any atom is -0.318 e. The van der Waals surface area contributed by atoms with Crippen LogP contribution in [0, 0.1) is 6.92 Å². The van der Waals surface area contributed by atoms with Crippen molar-refractivity contribution in [3.05, 3.63) is 70.0 Å². The molecule has 100 valence electrons. The lowest BCUT2D eigenvalue weighted by Crippen LogP contribution is -2.10. The number of H-pyrrole nitrogens is 1. The van der Waals surface area contributed by atoms with Crippen molar-refractivity contribution in [3.63, 3.8) is 0 Å². The number of hydrogen-bond donors (Lipinski definition) is 1. The lowest BCUT2D eigenvalue weighted by Gasteiger charge is -2.03. The Morgan fingerprint density at radius 3 is 2.65 bits per heavy atom. The van der Waals surface area contributed by atoms with Crippen LogP contribution in [-0.4, -0.2) is 9.97 Å². The molecule has 0 fully saturated rings. The van der Waals surface area contributed by atoms with E-state index < -0.39 is 0 Å². The minimum atomic E-state index is -0.124. The van der Waals surface area contributed by atoms with Crippen molar-refractivity contribution < 1.29 is 0 Å². The molecule has 0 aliphatic heterocycles. The van der Waals surface area contributed by atoms with Gasteiger partial charge in [-0.1, -0.05) is 53.7 Å². The molecule has 0 saturated carbocycles. The molecule has 2 aromatic carbocycles. The molecule has 0 aliphatic carbocycles. The van der Waals surface area contributed by atoms with Crippen molar-refractivity contribution in [3.8, 4) is 0 Å². The molecular weight excluding hydrogens is 268 g/mol. The molecule has 1 heterocycles. The summed E-state index contributed by atoms with van der Waals surface area (Å²) in [6, 6.07) is 15.9. The van der Waals surface area contributed by atoms with Crippen molar-refractivity contribution in [1.82, 2.24) is 9.97 Å². The van der Waals surface area contributed by atoms with Crippen molar-refractivity contribution in [2.24, 2.45) is 0 Å². The number of rotatable bonds is 3. The Bertz CT molecular complexity index is 793. The van der Waals surface area contributed by atoms with Gasteiger partial charge in [0, 0.05) is 5.75 Å². The van der Waals surface area contributed by atoms with E-state index in [0.717, 1.165) is 16.8 Å². The Balaban J connectivity index is 1.85. The Morgan fingerprint density at radius 1 is 1.10 bits per heavy atom. The number of benzene rings is 2. The van der Waals surface area contributed by atoms with Gasteiger partial charge in [0.15, 0.2) is 5.03 Å². The first-order valence-electron chi connectivity index (χ1n) is 6.40. The van der Waals surface area contributed by atoms with E-state index in [1.54, 1.807) is 0 Å². The van der Waals surface area contributed by atoms with Crippen LogP contribution < -0.4 is 5.56 Å². The summed E-state index contributed by atoms with van der Waals surface area (Å²) < 4.78 is 0. The summed E-state index contributed by atoms with van der Waals surface area (Å²) in [6.07, 6.45) is 0. The van der Waals surface area contributed by atoms with Crippen LogP contribution in [0.15, 0.2) is 58.4 Å². The third kappa shape index (κ3) is 2.75. The van der Waals surface area contributed by atoms with Crippen LogP contribution in [0.2, 0.25) is 0 Å². The number of fused-ring (bicyclic) bond motifs is 1. The second-order valence-corrected chi connectivity index (χ2v) is 5.63. The van der Waals surface area contributed by atoms with Gasteiger partial charge < -0.3 is 4.98 Å². The molecule has 1 aromatic heterocycles. The van der Waals surface area contributed by atoms with Gasteiger partial charge >= 0.3 is 0 Å². The summed E-state index contributed by atoms with van der Waals surface area (Å²) in [6.45, 7) is 2.06. The molecule has 0 unspecified atom stereocenters. The summed E-state index contributed by atoms with van der Waals surface area (Å²) in [5.41, 5.74) is 3.90. The third-order valence-corrected chi connectivity index (χ3v) is 4.09. The van der Waals surface area contributed by atoms with Crippen LogP contribution in [-0.2, 0) is 5.75 Å². The van der Waals surface area contributed by atoms with E-state index in [1.807, 2.05) is 24.3 Å². The predicted molar refractivity (Wildman–Crippen MR) is 83.1 cm³/mol. The number of para-hydroxylation sites is 2. The van der Waals surface area contributed by atoms with Gasteiger partial charge in [-0.15, -0.1) is 0 Å². The highest BCUT2D eigenvalue weighted by molar-refractivity contribution is 7.98. The minimum absolute atomic E-state index is 0.124. The Morgan fingerprint density at radius 2 is 1.85 bits per heavy atom. The summed E-state index contributed by atoms with van der Waals surface area (Å²) >= 11 is 1.47. The highest BCUT2D eigenvalue weighted by Gasteiger charge is 2.05. The molecule has 0 bridgehead atoms. The fourth-order valence-electron chi connectivity index (χ4n) is 1.95. The molecule has 4 heteroatoms. The molecule has 1 N–H and O–H groups in total. The first kappa shape index (κ1) is 12.9. The molecule has 0 saturated heterocycles. The maximum absolute atomic E-state index is 12.0. The highest BCUT2D eigenvalue weighted by Crippen LogP contribution is 2.19. The van der Waals surface area contributed by atoms with E-state index in [0.29, 0.717) is 5.03 Å². The molecule has 0 aliphatic rings. The van der Waals surface area contributed by atoms with Gasteiger partial charge in [-0.05, 0) is 24.6 Å². The van der Waals surface area contributed by atoms with Crippen LogP contribution in [0.25, 0.3) is 11.0 Å². The van der Waals surface area contributed by atoms with Crippen molar-refractivity contribution >= 4 is 22.8 Å². The number of thioether (sulfide) groups is 1. The molecule has 3 rings (SSSR count). The van der Waals surface area contributed by atoms with Crippen molar-refractivity contribution in [1.29, 1.82) is 0 Å². The Hall–Kier alpha value is -2.07. The number of aryl methyl sites for hydroxylation is 1. The molecule has 3 aromatic rings. The zero-order chi connectivity index (χ0) is 13.9. The van der Waals surface area contributed by atoms with Gasteiger partial charge in [0.1, 0.15) is 0 Å².